The minimum absolute atomic E-state index is 0.0492. The molecule has 1 aliphatic heterocycles. The minimum atomic E-state index is -0.344. The van der Waals surface area contributed by atoms with Crippen LogP contribution in [0.4, 0.5) is 10.5 Å². The highest BCUT2D eigenvalue weighted by atomic mass is 35.5. The van der Waals surface area contributed by atoms with Crippen LogP contribution in [-0.4, -0.2) is 52.7 Å². The number of halogens is 1. The summed E-state index contributed by atoms with van der Waals surface area (Å²) >= 11 is 6.13. The topological polar surface area (TPSA) is 78.7 Å². The monoisotopic (exact) mass is 432 g/mol. The van der Waals surface area contributed by atoms with Crippen molar-refractivity contribution in [3.63, 3.8) is 0 Å². The minimum Gasteiger partial charge on any atom is -0.495 e. The molecule has 2 aliphatic carbocycles. The Kier molecular flexibility index (Phi) is 6.09. The normalized spacial score (nSPS) is 22.3. The molecule has 1 unspecified atom stereocenters. The molecule has 0 saturated heterocycles. The average molecular weight is 433 g/mol. The maximum atomic E-state index is 13.3. The second-order valence-electron chi connectivity index (χ2n) is 8.20. The molecule has 4 rings (SSSR count). The van der Waals surface area contributed by atoms with Gasteiger partial charge in [0.15, 0.2) is 6.54 Å². The van der Waals surface area contributed by atoms with E-state index in [0.29, 0.717) is 22.9 Å². The standard InChI is InChI=1S/C22H26ClN3O4/c1-30-19-11-10-14(12-17(19)23)24-20(27)13-25-18-9-5-8-16(18)21(28)26(22(25)29)15-6-3-2-4-7-15/h10-12,15-16H,2-9,13H2,1H3/p+1. The maximum absolute atomic E-state index is 13.3. The van der Waals surface area contributed by atoms with Crippen LogP contribution in [0.5, 0.6) is 5.75 Å². The zero-order valence-corrected chi connectivity index (χ0v) is 17.9. The first-order valence-electron chi connectivity index (χ1n) is 10.6. The molecule has 2 fully saturated rings. The molecule has 0 spiro atoms. The Hall–Kier alpha value is -2.41. The summed E-state index contributed by atoms with van der Waals surface area (Å²) in [5.74, 6) is -0.140. The van der Waals surface area contributed by atoms with E-state index < -0.39 is 0 Å². The molecule has 0 radical (unpaired) electrons. The first kappa shape index (κ1) is 20.8. The zero-order valence-electron chi connectivity index (χ0n) is 17.2. The van der Waals surface area contributed by atoms with Gasteiger partial charge in [-0.05, 0) is 56.7 Å². The molecule has 8 heteroatoms. The molecular formula is C22H27ClN3O4+. The number of benzene rings is 1. The van der Waals surface area contributed by atoms with E-state index in [9.17, 15) is 14.4 Å². The number of hydrogen-bond donors (Lipinski definition) is 1. The lowest BCUT2D eigenvalue weighted by Crippen LogP contribution is -2.58. The first-order chi connectivity index (χ1) is 14.5. The molecule has 1 N–H and O–H groups in total. The van der Waals surface area contributed by atoms with Crippen molar-refractivity contribution in [2.24, 2.45) is 5.92 Å². The van der Waals surface area contributed by atoms with Crippen LogP contribution in [0.15, 0.2) is 18.2 Å². The first-order valence-corrected chi connectivity index (χ1v) is 11.0. The predicted molar refractivity (Wildman–Crippen MR) is 113 cm³/mol. The lowest BCUT2D eigenvalue weighted by Gasteiger charge is -2.31. The van der Waals surface area contributed by atoms with Crippen molar-refractivity contribution in [2.75, 3.05) is 19.0 Å². The quantitative estimate of drug-likeness (QED) is 0.717. The number of rotatable bonds is 5. The summed E-state index contributed by atoms with van der Waals surface area (Å²) in [6, 6.07) is 4.59. The highest BCUT2D eigenvalue weighted by molar-refractivity contribution is 6.32. The van der Waals surface area contributed by atoms with Crippen molar-refractivity contribution < 1.29 is 23.7 Å². The van der Waals surface area contributed by atoms with Crippen LogP contribution in [0.25, 0.3) is 0 Å². The van der Waals surface area contributed by atoms with Gasteiger partial charge in [-0.25, -0.2) is 4.79 Å². The number of amides is 4. The van der Waals surface area contributed by atoms with E-state index in [0.717, 1.165) is 50.7 Å². The van der Waals surface area contributed by atoms with Gasteiger partial charge < -0.3 is 10.1 Å². The number of methoxy groups -OCH3 is 1. The van der Waals surface area contributed by atoms with Gasteiger partial charge in [-0.1, -0.05) is 18.0 Å². The van der Waals surface area contributed by atoms with Gasteiger partial charge in [0, 0.05) is 12.1 Å². The smallest absolute Gasteiger partial charge is 0.495 e. The van der Waals surface area contributed by atoms with Crippen molar-refractivity contribution in [1.82, 2.24) is 4.90 Å². The number of carbonyl (C=O) groups is 3. The summed E-state index contributed by atoms with van der Waals surface area (Å²) < 4.78 is 6.66. The van der Waals surface area contributed by atoms with Gasteiger partial charge in [-0.3, -0.25) is 4.79 Å². The van der Waals surface area contributed by atoms with Crippen LogP contribution in [0.2, 0.25) is 5.02 Å². The predicted octanol–water partition coefficient (Wildman–Crippen LogP) is 3.84. The molecule has 4 amide bonds. The molecular weight excluding hydrogens is 406 g/mol. The van der Waals surface area contributed by atoms with Crippen LogP contribution in [-0.2, 0) is 9.59 Å². The number of carbonyl (C=O) groups excluding carboxylic acids is 3. The Bertz CT molecular complexity index is 908. The van der Waals surface area contributed by atoms with Crippen molar-refractivity contribution in [1.29, 1.82) is 0 Å². The summed E-state index contributed by atoms with van der Waals surface area (Å²) in [5.41, 5.74) is 1.32. The average Bonchev–Trinajstić information content (AvgIpc) is 3.22. The van der Waals surface area contributed by atoms with Crippen molar-refractivity contribution in [2.45, 2.75) is 57.4 Å². The molecule has 1 aromatic carbocycles. The third-order valence-corrected chi connectivity index (χ3v) is 6.62. The third-order valence-electron chi connectivity index (χ3n) is 6.32. The summed E-state index contributed by atoms with van der Waals surface area (Å²) in [6.45, 7) is -0.106. The number of fused-ring (bicyclic) bond motifs is 1. The molecule has 1 atom stereocenters. The molecule has 1 heterocycles. The molecule has 2 saturated carbocycles. The number of hydrogen-bond acceptors (Lipinski definition) is 4. The number of ether oxygens (including phenoxy) is 1. The summed E-state index contributed by atoms with van der Waals surface area (Å²) in [5, 5.41) is 3.19. The van der Waals surface area contributed by atoms with Crippen LogP contribution in [0.1, 0.15) is 51.4 Å². The number of anilines is 1. The van der Waals surface area contributed by atoms with Crippen molar-refractivity contribution in [3.05, 3.63) is 23.2 Å². The van der Waals surface area contributed by atoms with Crippen LogP contribution >= 0.6 is 11.6 Å². The third kappa shape index (κ3) is 3.95. The van der Waals surface area contributed by atoms with Gasteiger partial charge in [-0.2, -0.15) is 14.3 Å². The van der Waals surface area contributed by atoms with Gasteiger partial charge in [-0.15, -0.1) is 0 Å². The van der Waals surface area contributed by atoms with E-state index in [2.05, 4.69) is 5.32 Å². The second kappa shape index (κ2) is 8.76. The fourth-order valence-corrected chi connectivity index (χ4v) is 5.12. The Morgan fingerprint density at radius 2 is 1.97 bits per heavy atom. The lowest BCUT2D eigenvalue weighted by molar-refractivity contribution is -0.430. The molecule has 1 aromatic rings. The number of urea groups is 1. The number of nitrogens with one attached hydrogen (secondary N) is 1. The van der Waals surface area contributed by atoms with Crippen LogP contribution in [0.3, 0.4) is 0 Å². The van der Waals surface area contributed by atoms with Gasteiger partial charge in [0.25, 0.3) is 5.91 Å². The maximum Gasteiger partial charge on any atom is 0.501 e. The number of imide groups is 1. The fourth-order valence-electron chi connectivity index (χ4n) is 4.87. The van der Waals surface area contributed by atoms with E-state index in [4.69, 9.17) is 16.3 Å². The van der Waals surface area contributed by atoms with Gasteiger partial charge in [0.05, 0.1) is 17.8 Å². The zero-order chi connectivity index (χ0) is 21.3. The Morgan fingerprint density at radius 3 is 2.67 bits per heavy atom. The fraction of sp³-hybridized carbons (Fsp3) is 0.545. The van der Waals surface area contributed by atoms with E-state index in [-0.39, 0.29) is 36.3 Å². The molecule has 0 bridgehead atoms. The van der Waals surface area contributed by atoms with E-state index in [1.54, 1.807) is 18.2 Å². The molecule has 160 valence electrons. The van der Waals surface area contributed by atoms with E-state index in [1.807, 2.05) is 0 Å². The van der Waals surface area contributed by atoms with Crippen LogP contribution in [0, 0.1) is 5.92 Å². The van der Waals surface area contributed by atoms with Crippen LogP contribution < -0.4 is 10.1 Å². The highest BCUT2D eigenvalue weighted by Gasteiger charge is 2.52. The summed E-state index contributed by atoms with van der Waals surface area (Å²) in [4.78, 5) is 40.6. The van der Waals surface area contributed by atoms with Gasteiger partial charge >= 0.3 is 11.9 Å². The Labute approximate surface area is 181 Å². The second-order valence-corrected chi connectivity index (χ2v) is 8.61. The lowest BCUT2D eigenvalue weighted by atomic mass is 9.92. The molecule has 0 aromatic heterocycles. The number of nitrogens with zero attached hydrogens (tertiary/aromatic N) is 2. The van der Waals surface area contributed by atoms with Crippen molar-refractivity contribution in [3.8, 4) is 5.75 Å². The van der Waals surface area contributed by atoms with Crippen molar-refractivity contribution >= 4 is 40.8 Å². The summed E-state index contributed by atoms with van der Waals surface area (Å²) in [7, 11) is 1.52. The largest absolute Gasteiger partial charge is 0.501 e. The van der Waals surface area contributed by atoms with E-state index >= 15 is 0 Å². The Morgan fingerprint density at radius 1 is 1.20 bits per heavy atom. The van der Waals surface area contributed by atoms with Gasteiger partial charge in [0.1, 0.15) is 17.7 Å². The highest BCUT2D eigenvalue weighted by Crippen LogP contribution is 2.33. The summed E-state index contributed by atoms with van der Waals surface area (Å²) in [6.07, 6.45) is 7.20. The molecule has 7 nitrogen and oxygen atoms in total. The van der Waals surface area contributed by atoms with Gasteiger partial charge in [0.2, 0.25) is 0 Å². The SMILES string of the molecule is COc1ccc(NC(=O)C[N+]2=C3CCCC3C(=O)N(C3CCCCC3)C2=O)cc1Cl. The molecule has 30 heavy (non-hydrogen) atoms. The van der Waals surface area contributed by atoms with E-state index in [1.165, 1.54) is 16.6 Å². The molecule has 3 aliphatic rings. The Balaban J connectivity index is 1.54.